The SMILES string of the molecule is COc1ccc(/C=N/OCC(=O)N(Cc2ccccc2)c2ccccc2)cc1. The van der Waals surface area contributed by atoms with Crippen LogP contribution in [0.2, 0.25) is 0 Å². The Morgan fingerprint density at radius 3 is 2.21 bits per heavy atom. The van der Waals surface area contributed by atoms with E-state index in [4.69, 9.17) is 9.57 Å². The maximum atomic E-state index is 12.8. The molecule has 0 heterocycles. The van der Waals surface area contributed by atoms with Gasteiger partial charge >= 0.3 is 0 Å². The molecule has 3 rings (SSSR count). The van der Waals surface area contributed by atoms with E-state index in [0.29, 0.717) is 6.54 Å². The molecule has 5 nitrogen and oxygen atoms in total. The molecule has 28 heavy (non-hydrogen) atoms. The summed E-state index contributed by atoms with van der Waals surface area (Å²) in [5.41, 5.74) is 2.72. The molecule has 0 aliphatic rings. The number of amides is 1. The van der Waals surface area contributed by atoms with Crippen molar-refractivity contribution in [1.82, 2.24) is 0 Å². The van der Waals surface area contributed by atoms with Gasteiger partial charge in [0.2, 0.25) is 0 Å². The highest BCUT2D eigenvalue weighted by Gasteiger charge is 2.16. The summed E-state index contributed by atoms with van der Waals surface area (Å²) in [4.78, 5) is 19.7. The number of hydrogen-bond acceptors (Lipinski definition) is 4. The molecule has 0 saturated heterocycles. The summed E-state index contributed by atoms with van der Waals surface area (Å²) < 4.78 is 5.12. The average Bonchev–Trinajstić information content (AvgIpc) is 2.76. The van der Waals surface area contributed by atoms with Crippen LogP contribution >= 0.6 is 0 Å². The molecule has 0 aromatic heterocycles. The lowest BCUT2D eigenvalue weighted by atomic mass is 10.2. The van der Waals surface area contributed by atoms with Gasteiger partial charge in [-0.3, -0.25) is 4.79 Å². The molecule has 0 bridgehead atoms. The smallest absolute Gasteiger partial charge is 0.268 e. The Morgan fingerprint density at radius 1 is 0.929 bits per heavy atom. The van der Waals surface area contributed by atoms with Crippen LogP contribution in [-0.2, 0) is 16.2 Å². The Morgan fingerprint density at radius 2 is 1.57 bits per heavy atom. The minimum Gasteiger partial charge on any atom is -0.497 e. The first-order valence-corrected chi connectivity index (χ1v) is 8.95. The Bertz CT molecular complexity index is 894. The van der Waals surface area contributed by atoms with Gasteiger partial charge in [0.25, 0.3) is 5.91 Å². The van der Waals surface area contributed by atoms with Crippen LogP contribution in [0, 0.1) is 0 Å². The molecule has 0 spiro atoms. The second kappa shape index (κ2) is 9.92. The molecule has 0 unspecified atom stereocenters. The van der Waals surface area contributed by atoms with Crippen molar-refractivity contribution in [3.05, 3.63) is 96.1 Å². The van der Waals surface area contributed by atoms with Gasteiger partial charge in [0.05, 0.1) is 19.9 Å². The van der Waals surface area contributed by atoms with Gasteiger partial charge in [0.1, 0.15) is 5.75 Å². The summed E-state index contributed by atoms with van der Waals surface area (Å²) in [5.74, 6) is 0.606. The summed E-state index contributed by atoms with van der Waals surface area (Å²) >= 11 is 0. The van der Waals surface area contributed by atoms with E-state index in [2.05, 4.69) is 5.16 Å². The first-order chi connectivity index (χ1) is 13.8. The topological polar surface area (TPSA) is 51.1 Å². The summed E-state index contributed by atoms with van der Waals surface area (Å²) in [7, 11) is 1.62. The molecule has 0 aliphatic heterocycles. The lowest BCUT2D eigenvalue weighted by molar-refractivity contribution is -0.123. The summed E-state index contributed by atoms with van der Waals surface area (Å²) in [5, 5.41) is 3.91. The van der Waals surface area contributed by atoms with E-state index in [1.54, 1.807) is 18.2 Å². The van der Waals surface area contributed by atoms with Gasteiger partial charge in [-0.1, -0.05) is 53.7 Å². The fourth-order valence-corrected chi connectivity index (χ4v) is 2.66. The summed E-state index contributed by atoms with van der Waals surface area (Å²) in [6, 6.07) is 26.8. The second-order valence-corrected chi connectivity index (χ2v) is 6.08. The molecular weight excluding hydrogens is 352 g/mol. The molecule has 5 heteroatoms. The van der Waals surface area contributed by atoms with Crippen molar-refractivity contribution < 1.29 is 14.4 Å². The van der Waals surface area contributed by atoms with Crippen molar-refractivity contribution in [2.45, 2.75) is 6.54 Å². The van der Waals surface area contributed by atoms with Gasteiger partial charge in [-0.05, 0) is 47.5 Å². The van der Waals surface area contributed by atoms with Crippen LogP contribution in [0.15, 0.2) is 90.1 Å². The zero-order valence-electron chi connectivity index (χ0n) is 15.7. The van der Waals surface area contributed by atoms with Gasteiger partial charge in [-0.15, -0.1) is 0 Å². The number of hydrogen-bond donors (Lipinski definition) is 0. The molecule has 0 radical (unpaired) electrons. The summed E-state index contributed by atoms with van der Waals surface area (Å²) in [6.07, 6.45) is 1.57. The summed E-state index contributed by atoms with van der Waals surface area (Å²) in [6.45, 7) is 0.323. The minimum absolute atomic E-state index is 0.144. The van der Waals surface area contributed by atoms with Crippen molar-refractivity contribution in [2.75, 3.05) is 18.6 Å². The molecule has 0 atom stereocenters. The maximum absolute atomic E-state index is 12.8. The van der Waals surface area contributed by atoms with E-state index in [9.17, 15) is 4.79 Å². The van der Waals surface area contributed by atoms with Crippen LogP contribution in [0.25, 0.3) is 0 Å². The number of carbonyl (C=O) groups excluding carboxylic acids is 1. The zero-order chi connectivity index (χ0) is 19.6. The fourth-order valence-electron chi connectivity index (χ4n) is 2.66. The van der Waals surface area contributed by atoms with Crippen LogP contribution in [0.3, 0.4) is 0 Å². The first-order valence-electron chi connectivity index (χ1n) is 8.95. The highest BCUT2D eigenvalue weighted by Crippen LogP contribution is 2.17. The Labute approximate surface area is 164 Å². The minimum atomic E-state index is -0.165. The third-order valence-electron chi connectivity index (χ3n) is 4.13. The molecule has 1 amide bonds. The van der Waals surface area contributed by atoms with Crippen LogP contribution < -0.4 is 9.64 Å². The number of rotatable bonds is 8. The van der Waals surface area contributed by atoms with Crippen molar-refractivity contribution in [3.63, 3.8) is 0 Å². The van der Waals surface area contributed by atoms with E-state index in [0.717, 1.165) is 22.6 Å². The molecule has 0 N–H and O–H groups in total. The van der Waals surface area contributed by atoms with Gasteiger partial charge in [-0.25, -0.2) is 0 Å². The van der Waals surface area contributed by atoms with Crippen molar-refractivity contribution in [2.24, 2.45) is 5.16 Å². The zero-order valence-corrected chi connectivity index (χ0v) is 15.7. The molecule has 3 aromatic carbocycles. The number of methoxy groups -OCH3 is 1. The number of para-hydroxylation sites is 1. The monoisotopic (exact) mass is 374 g/mol. The lowest BCUT2D eigenvalue weighted by Gasteiger charge is -2.22. The Balaban J connectivity index is 1.63. The van der Waals surface area contributed by atoms with Crippen molar-refractivity contribution in [3.8, 4) is 5.75 Å². The molecule has 0 saturated carbocycles. The van der Waals surface area contributed by atoms with E-state index in [1.807, 2.05) is 84.9 Å². The lowest BCUT2D eigenvalue weighted by Crippen LogP contribution is -2.33. The normalized spacial score (nSPS) is 10.6. The average molecular weight is 374 g/mol. The van der Waals surface area contributed by atoms with Crippen LogP contribution in [0.4, 0.5) is 5.69 Å². The quantitative estimate of drug-likeness (QED) is 0.437. The van der Waals surface area contributed by atoms with Gasteiger partial charge in [-0.2, -0.15) is 0 Å². The second-order valence-electron chi connectivity index (χ2n) is 6.08. The largest absolute Gasteiger partial charge is 0.497 e. The highest BCUT2D eigenvalue weighted by molar-refractivity contribution is 5.94. The predicted octanol–water partition coefficient (Wildman–Crippen LogP) is 4.28. The van der Waals surface area contributed by atoms with E-state index in [1.165, 1.54) is 0 Å². The van der Waals surface area contributed by atoms with E-state index < -0.39 is 0 Å². The van der Waals surface area contributed by atoms with Crippen molar-refractivity contribution in [1.29, 1.82) is 0 Å². The first kappa shape index (κ1) is 19.2. The third-order valence-corrected chi connectivity index (χ3v) is 4.13. The molecular formula is C23H22N2O3. The van der Waals surface area contributed by atoms with Crippen molar-refractivity contribution >= 4 is 17.8 Å². The van der Waals surface area contributed by atoms with E-state index in [-0.39, 0.29) is 12.5 Å². The van der Waals surface area contributed by atoms with Gasteiger partial charge in [0.15, 0.2) is 6.61 Å². The third kappa shape index (κ3) is 5.45. The number of benzene rings is 3. The predicted molar refractivity (Wildman–Crippen MR) is 111 cm³/mol. The van der Waals surface area contributed by atoms with Crippen LogP contribution in [0.5, 0.6) is 5.75 Å². The van der Waals surface area contributed by atoms with E-state index >= 15 is 0 Å². The van der Waals surface area contributed by atoms with Crippen LogP contribution in [-0.4, -0.2) is 25.8 Å². The Kier molecular flexibility index (Phi) is 6.79. The maximum Gasteiger partial charge on any atom is 0.268 e. The highest BCUT2D eigenvalue weighted by atomic mass is 16.6. The molecule has 142 valence electrons. The Hall–Kier alpha value is -3.60. The molecule has 0 fully saturated rings. The molecule has 0 aliphatic carbocycles. The number of carbonyl (C=O) groups is 1. The number of ether oxygens (including phenoxy) is 1. The number of anilines is 1. The van der Waals surface area contributed by atoms with Gasteiger partial charge < -0.3 is 14.5 Å². The van der Waals surface area contributed by atoms with Gasteiger partial charge in [0, 0.05) is 5.69 Å². The molecule has 3 aromatic rings. The number of nitrogens with zero attached hydrogens (tertiary/aromatic N) is 2. The fraction of sp³-hybridized carbons (Fsp3) is 0.130. The standard InChI is InChI=1S/C23H22N2O3/c1-27-22-14-12-19(13-15-22)16-24-28-18-23(26)25(21-10-6-3-7-11-21)17-20-8-4-2-5-9-20/h2-16H,17-18H2,1H3/b24-16+. The number of oxime groups is 1. The van der Waals surface area contributed by atoms with Crippen LogP contribution in [0.1, 0.15) is 11.1 Å².